The molecular formula is C8H11F3N2O. The molecule has 0 aromatic heterocycles. The van der Waals surface area contributed by atoms with E-state index in [0.717, 1.165) is 12.8 Å². The molecule has 1 amide bonds. The van der Waals surface area contributed by atoms with Gasteiger partial charge < -0.3 is 4.90 Å². The van der Waals surface area contributed by atoms with E-state index in [1.165, 1.54) is 4.90 Å². The van der Waals surface area contributed by atoms with Crippen molar-refractivity contribution in [3.8, 4) is 0 Å². The van der Waals surface area contributed by atoms with Crippen molar-refractivity contribution in [2.45, 2.75) is 31.0 Å². The van der Waals surface area contributed by atoms with Crippen molar-refractivity contribution < 1.29 is 18.0 Å². The maximum atomic E-state index is 11.9. The molecule has 1 N–H and O–H groups in total. The van der Waals surface area contributed by atoms with Crippen molar-refractivity contribution >= 4 is 5.91 Å². The molecule has 0 atom stereocenters. The van der Waals surface area contributed by atoms with Gasteiger partial charge in [-0.2, -0.15) is 13.2 Å². The first-order valence-electron chi connectivity index (χ1n) is 4.54. The Balaban J connectivity index is 1.86. The summed E-state index contributed by atoms with van der Waals surface area (Å²) in [6, 6.07) is 0. The van der Waals surface area contributed by atoms with Gasteiger partial charge >= 0.3 is 6.18 Å². The van der Waals surface area contributed by atoms with E-state index < -0.39 is 18.1 Å². The minimum Gasteiger partial charge on any atom is -0.328 e. The second kappa shape index (κ2) is 2.85. The van der Waals surface area contributed by atoms with Gasteiger partial charge in [-0.1, -0.05) is 0 Å². The lowest BCUT2D eigenvalue weighted by Gasteiger charge is -2.16. The summed E-state index contributed by atoms with van der Waals surface area (Å²) in [5.74, 6) is -0.165. The quantitative estimate of drug-likeness (QED) is 0.730. The average Bonchev–Trinajstić information content (AvgIpc) is 2.76. The SMILES string of the molecule is O=C1N(CCC(F)(F)F)CNC12CC2. The van der Waals surface area contributed by atoms with Gasteiger partial charge in [0.05, 0.1) is 18.6 Å². The summed E-state index contributed by atoms with van der Waals surface area (Å²) in [6.45, 7) is 0.0337. The predicted molar refractivity (Wildman–Crippen MR) is 42.4 cm³/mol. The molecule has 6 heteroatoms. The van der Waals surface area contributed by atoms with Crippen LogP contribution in [0.2, 0.25) is 0 Å². The minimum absolute atomic E-state index is 0.165. The molecule has 0 aromatic carbocycles. The number of nitrogens with one attached hydrogen (secondary N) is 1. The normalized spacial score (nSPS) is 24.8. The average molecular weight is 208 g/mol. The molecule has 0 unspecified atom stereocenters. The van der Waals surface area contributed by atoms with Crippen molar-refractivity contribution in [3.63, 3.8) is 0 Å². The molecule has 1 heterocycles. The topological polar surface area (TPSA) is 32.3 Å². The van der Waals surface area contributed by atoms with Crippen LogP contribution >= 0.6 is 0 Å². The molecule has 0 aromatic rings. The van der Waals surface area contributed by atoms with Gasteiger partial charge in [-0.25, -0.2) is 0 Å². The highest BCUT2D eigenvalue weighted by Gasteiger charge is 2.55. The Morgan fingerprint density at radius 3 is 2.50 bits per heavy atom. The third kappa shape index (κ3) is 1.70. The van der Waals surface area contributed by atoms with Crippen LogP contribution in [0.4, 0.5) is 13.2 Å². The molecule has 0 bridgehead atoms. The highest BCUT2D eigenvalue weighted by molar-refractivity contribution is 5.91. The lowest BCUT2D eigenvalue weighted by Crippen LogP contribution is -2.34. The van der Waals surface area contributed by atoms with Crippen LogP contribution in [0.3, 0.4) is 0 Å². The molecular weight excluding hydrogens is 197 g/mol. The number of nitrogens with zero attached hydrogens (tertiary/aromatic N) is 1. The number of carbonyl (C=O) groups is 1. The van der Waals surface area contributed by atoms with Gasteiger partial charge in [-0.05, 0) is 12.8 Å². The number of hydrogen-bond acceptors (Lipinski definition) is 2. The molecule has 1 aliphatic heterocycles. The van der Waals surface area contributed by atoms with E-state index in [4.69, 9.17) is 0 Å². The molecule has 2 aliphatic rings. The van der Waals surface area contributed by atoms with Crippen LogP contribution in [0.15, 0.2) is 0 Å². The zero-order valence-corrected chi connectivity index (χ0v) is 7.52. The van der Waals surface area contributed by atoms with Crippen LogP contribution in [0.5, 0.6) is 0 Å². The summed E-state index contributed by atoms with van der Waals surface area (Å²) in [6.07, 6.45) is -3.58. The first-order chi connectivity index (χ1) is 6.43. The Bertz CT molecular complexity index is 260. The smallest absolute Gasteiger partial charge is 0.328 e. The van der Waals surface area contributed by atoms with E-state index in [0.29, 0.717) is 0 Å². The Morgan fingerprint density at radius 2 is 2.07 bits per heavy atom. The fourth-order valence-electron chi connectivity index (χ4n) is 1.65. The second-order valence-electron chi connectivity index (χ2n) is 3.85. The zero-order chi connectivity index (χ0) is 10.4. The highest BCUT2D eigenvalue weighted by Crippen LogP contribution is 2.40. The van der Waals surface area contributed by atoms with Crippen LogP contribution in [0.25, 0.3) is 0 Å². The third-order valence-corrected chi connectivity index (χ3v) is 2.72. The summed E-state index contributed by atoms with van der Waals surface area (Å²) in [4.78, 5) is 12.8. The van der Waals surface area contributed by atoms with Gasteiger partial charge in [0.25, 0.3) is 0 Å². The Morgan fingerprint density at radius 1 is 1.43 bits per heavy atom. The van der Waals surface area contributed by atoms with Crippen molar-refractivity contribution in [3.05, 3.63) is 0 Å². The predicted octanol–water partition coefficient (Wildman–Crippen LogP) is 0.861. The summed E-state index contributed by atoms with van der Waals surface area (Å²) in [7, 11) is 0. The van der Waals surface area contributed by atoms with Crippen molar-refractivity contribution in [1.82, 2.24) is 10.2 Å². The first kappa shape index (κ1) is 9.76. The standard InChI is InChI=1S/C8H11F3N2O/c9-8(10,11)3-4-13-5-12-7(1-2-7)6(13)14/h12H,1-5H2. The molecule has 1 saturated carbocycles. The van der Waals surface area contributed by atoms with Gasteiger partial charge in [0, 0.05) is 6.54 Å². The molecule has 3 nitrogen and oxygen atoms in total. The van der Waals surface area contributed by atoms with Crippen LogP contribution in [-0.4, -0.2) is 35.7 Å². The van der Waals surface area contributed by atoms with Crippen LogP contribution in [0, 0.1) is 0 Å². The lowest BCUT2D eigenvalue weighted by atomic mass is 10.2. The van der Waals surface area contributed by atoms with E-state index in [-0.39, 0.29) is 19.1 Å². The van der Waals surface area contributed by atoms with E-state index in [1.54, 1.807) is 0 Å². The van der Waals surface area contributed by atoms with Gasteiger partial charge in [-0.3, -0.25) is 10.1 Å². The third-order valence-electron chi connectivity index (χ3n) is 2.72. The highest BCUT2D eigenvalue weighted by atomic mass is 19.4. The fourth-order valence-corrected chi connectivity index (χ4v) is 1.65. The first-order valence-corrected chi connectivity index (χ1v) is 4.54. The van der Waals surface area contributed by atoms with Gasteiger partial charge in [0.15, 0.2) is 0 Å². The van der Waals surface area contributed by atoms with Crippen LogP contribution < -0.4 is 5.32 Å². The Hall–Kier alpha value is -0.780. The lowest BCUT2D eigenvalue weighted by molar-refractivity contribution is -0.143. The molecule has 2 fully saturated rings. The molecule has 1 aliphatic carbocycles. The Labute approximate surface area is 79.3 Å². The zero-order valence-electron chi connectivity index (χ0n) is 7.52. The van der Waals surface area contributed by atoms with Crippen molar-refractivity contribution in [2.75, 3.05) is 13.2 Å². The summed E-state index contributed by atoms with van der Waals surface area (Å²) >= 11 is 0. The second-order valence-corrected chi connectivity index (χ2v) is 3.85. The van der Waals surface area contributed by atoms with E-state index in [1.807, 2.05) is 0 Å². The molecule has 1 spiro atoms. The van der Waals surface area contributed by atoms with Crippen LogP contribution in [-0.2, 0) is 4.79 Å². The summed E-state index contributed by atoms with van der Waals surface area (Å²) in [5.41, 5.74) is -0.481. The van der Waals surface area contributed by atoms with E-state index in [2.05, 4.69) is 5.32 Å². The maximum Gasteiger partial charge on any atom is 0.390 e. The van der Waals surface area contributed by atoms with Gasteiger partial charge in [-0.15, -0.1) is 0 Å². The van der Waals surface area contributed by atoms with Gasteiger partial charge in [0.2, 0.25) is 5.91 Å². The Kier molecular flexibility index (Phi) is 1.99. The summed E-state index contributed by atoms with van der Waals surface area (Å²) < 4.78 is 35.7. The fraction of sp³-hybridized carbons (Fsp3) is 0.875. The monoisotopic (exact) mass is 208 g/mol. The van der Waals surface area contributed by atoms with Crippen molar-refractivity contribution in [2.24, 2.45) is 0 Å². The maximum absolute atomic E-state index is 11.9. The summed E-state index contributed by atoms with van der Waals surface area (Å²) in [5, 5.41) is 2.95. The largest absolute Gasteiger partial charge is 0.390 e. The molecule has 14 heavy (non-hydrogen) atoms. The number of carbonyl (C=O) groups excluding carboxylic acids is 1. The molecule has 1 saturated heterocycles. The van der Waals surface area contributed by atoms with E-state index >= 15 is 0 Å². The number of rotatable bonds is 2. The number of halogens is 3. The minimum atomic E-state index is -4.18. The van der Waals surface area contributed by atoms with Gasteiger partial charge in [0.1, 0.15) is 0 Å². The van der Waals surface area contributed by atoms with Crippen LogP contribution in [0.1, 0.15) is 19.3 Å². The molecule has 80 valence electrons. The molecule has 0 radical (unpaired) electrons. The van der Waals surface area contributed by atoms with E-state index in [9.17, 15) is 18.0 Å². The number of amides is 1. The molecule has 2 rings (SSSR count). The number of alkyl halides is 3. The number of hydrogen-bond donors (Lipinski definition) is 1. The van der Waals surface area contributed by atoms with Crippen molar-refractivity contribution in [1.29, 1.82) is 0 Å².